The first-order valence-corrected chi connectivity index (χ1v) is 5.61. The van der Waals surface area contributed by atoms with Crippen LogP contribution < -0.4 is 11.1 Å². The predicted molar refractivity (Wildman–Crippen MR) is 66.7 cm³/mol. The summed E-state index contributed by atoms with van der Waals surface area (Å²) in [5.74, 6) is -2.42. The summed E-state index contributed by atoms with van der Waals surface area (Å²) in [4.78, 5) is 22.4. The molecule has 1 aromatic rings. The van der Waals surface area contributed by atoms with Crippen molar-refractivity contribution in [2.75, 3.05) is 0 Å². The molecule has 0 heterocycles. The van der Waals surface area contributed by atoms with Gasteiger partial charge in [0.1, 0.15) is 6.04 Å². The molecule has 1 amide bonds. The Morgan fingerprint density at radius 2 is 1.95 bits per heavy atom. The van der Waals surface area contributed by atoms with Crippen molar-refractivity contribution < 1.29 is 24.9 Å². The van der Waals surface area contributed by atoms with Crippen molar-refractivity contribution in [1.29, 1.82) is 0 Å². The Hall–Kier alpha value is -2.28. The fourth-order valence-electron chi connectivity index (χ4n) is 1.43. The Bertz CT molecular complexity index is 487. The van der Waals surface area contributed by atoms with Crippen LogP contribution in [0.2, 0.25) is 0 Å². The maximum atomic E-state index is 11.4. The van der Waals surface area contributed by atoms with Crippen LogP contribution in [0.1, 0.15) is 12.5 Å². The molecule has 19 heavy (non-hydrogen) atoms. The number of hydrogen-bond donors (Lipinski definition) is 5. The molecule has 7 nitrogen and oxygen atoms in total. The van der Waals surface area contributed by atoms with Gasteiger partial charge in [0.05, 0.1) is 6.04 Å². The number of carbonyl (C=O) groups excluding carboxylic acids is 1. The molecule has 7 heteroatoms. The Kier molecular flexibility index (Phi) is 4.71. The number of amides is 1. The minimum atomic E-state index is -1.21. The molecule has 6 N–H and O–H groups in total. The van der Waals surface area contributed by atoms with E-state index in [-0.39, 0.29) is 17.9 Å². The van der Waals surface area contributed by atoms with E-state index in [9.17, 15) is 14.7 Å². The molecule has 0 spiro atoms. The second-order valence-corrected chi connectivity index (χ2v) is 4.22. The summed E-state index contributed by atoms with van der Waals surface area (Å²) in [7, 11) is 0. The Morgan fingerprint density at radius 1 is 1.32 bits per heavy atom. The first-order valence-electron chi connectivity index (χ1n) is 5.61. The quantitative estimate of drug-likeness (QED) is 0.460. The lowest BCUT2D eigenvalue weighted by molar-refractivity contribution is -0.141. The normalized spacial score (nSPS) is 13.6. The van der Waals surface area contributed by atoms with E-state index in [1.165, 1.54) is 25.1 Å². The summed E-state index contributed by atoms with van der Waals surface area (Å²) in [6.07, 6.45) is -0.0262. The largest absolute Gasteiger partial charge is 0.504 e. The van der Waals surface area contributed by atoms with Crippen LogP contribution >= 0.6 is 0 Å². The highest BCUT2D eigenvalue weighted by Crippen LogP contribution is 2.25. The van der Waals surface area contributed by atoms with Gasteiger partial charge in [0.15, 0.2) is 11.5 Å². The Morgan fingerprint density at radius 3 is 2.42 bits per heavy atom. The number of hydrogen-bond acceptors (Lipinski definition) is 5. The topological polar surface area (TPSA) is 133 Å². The lowest BCUT2D eigenvalue weighted by Gasteiger charge is -2.16. The number of phenols is 2. The number of carbonyl (C=O) groups is 2. The molecule has 1 rings (SSSR count). The van der Waals surface area contributed by atoms with Gasteiger partial charge in [0, 0.05) is 6.42 Å². The fraction of sp³-hybridized carbons (Fsp3) is 0.333. The standard InChI is InChI=1S/C12H16N2O5/c1-6(13)11(17)14-8(12(18)19)4-7-2-3-9(15)10(16)5-7/h2-3,5-6,8,15-16H,4,13H2,1H3,(H,14,17)(H,18,19)/t6-,8?/m1/s1. The molecular formula is C12H16N2O5. The van der Waals surface area contributed by atoms with E-state index < -0.39 is 24.0 Å². The van der Waals surface area contributed by atoms with Gasteiger partial charge in [-0.3, -0.25) is 4.79 Å². The van der Waals surface area contributed by atoms with E-state index in [0.717, 1.165) is 0 Å². The van der Waals surface area contributed by atoms with Gasteiger partial charge in [0.2, 0.25) is 5.91 Å². The molecular weight excluding hydrogens is 252 g/mol. The van der Waals surface area contributed by atoms with Crippen LogP contribution in [0, 0.1) is 0 Å². The zero-order valence-corrected chi connectivity index (χ0v) is 10.3. The molecule has 0 radical (unpaired) electrons. The minimum Gasteiger partial charge on any atom is -0.504 e. The second-order valence-electron chi connectivity index (χ2n) is 4.22. The maximum absolute atomic E-state index is 11.4. The molecule has 0 aliphatic heterocycles. The van der Waals surface area contributed by atoms with Crippen LogP contribution in [0.4, 0.5) is 0 Å². The smallest absolute Gasteiger partial charge is 0.326 e. The van der Waals surface area contributed by atoms with Crippen molar-refractivity contribution in [1.82, 2.24) is 5.32 Å². The lowest BCUT2D eigenvalue weighted by Crippen LogP contribution is -2.48. The SMILES string of the molecule is C[C@@H](N)C(=O)NC(Cc1ccc(O)c(O)c1)C(=O)O. The van der Waals surface area contributed by atoms with E-state index >= 15 is 0 Å². The summed E-state index contributed by atoms with van der Waals surface area (Å²) in [5.41, 5.74) is 5.81. The van der Waals surface area contributed by atoms with Crippen LogP contribution in [0.15, 0.2) is 18.2 Å². The highest BCUT2D eigenvalue weighted by Gasteiger charge is 2.22. The van der Waals surface area contributed by atoms with Crippen LogP contribution in [-0.4, -0.2) is 39.3 Å². The number of aromatic hydroxyl groups is 2. The van der Waals surface area contributed by atoms with Gasteiger partial charge in [-0.1, -0.05) is 6.07 Å². The third-order valence-corrected chi connectivity index (χ3v) is 2.51. The average molecular weight is 268 g/mol. The summed E-state index contributed by atoms with van der Waals surface area (Å²) < 4.78 is 0. The van der Waals surface area contributed by atoms with Gasteiger partial charge in [0.25, 0.3) is 0 Å². The fourth-order valence-corrected chi connectivity index (χ4v) is 1.43. The third kappa shape index (κ3) is 4.14. The number of phenolic OH excluding ortho intramolecular Hbond substituents is 2. The number of nitrogens with one attached hydrogen (secondary N) is 1. The van der Waals surface area contributed by atoms with E-state index in [1.807, 2.05) is 0 Å². The number of carboxylic acid groups (broad SMARTS) is 1. The number of carboxylic acids is 1. The molecule has 0 saturated carbocycles. The van der Waals surface area contributed by atoms with Crippen LogP contribution in [0.3, 0.4) is 0 Å². The molecule has 0 saturated heterocycles. The molecule has 1 aromatic carbocycles. The zero-order chi connectivity index (χ0) is 14.6. The van der Waals surface area contributed by atoms with Crippen molar-refractivity contribution in [3.05, 3.63) is 23.8 Å². The van der Waals surface area contributed by atoms with Gasteiger partial charge >= 0.3 is 5.97 Å². The van der Waals surface area contributed by atoms with Crippen molar-refractivity contribution in [2.45, 2.75) is 25.4 Å². The van der Waals surface area contributed by atoms with Gasteiger partial charge in [-0.15, -0.1) is 0 Å². The van der Waals surface area contributed by atoms with Crippen molar-refractivity contribution in [3.63, 3.8) is 0 Å². The highest BCUT2D eigenvalue weighted by atomic mass is 16.4. The number of rotatable bonds is 5. The van der Waals surface area contributed by atoms with Gasteiger partial charge in [-0.2, -0.15) is 0 Å². The summed E-state index contributed by atoms with van der Waals surface area (Å²) >= 11 is 0. The minimum absolute atomic E-state index is 0.0262. The first kappa shape index (κ1) is 14.8. The number of nitrogens with two attached hydrogens (primary N) is 1. The first-order chi connectivity index (χ1) is 8.81. The lowest BCUT2D eigenvalue weighted by atomic mass is 10.0. The zero-order valence-electron chi connectivity index (χ0n) is 10.3. The third-order valence-electron chi connectivity index (χ3n) is 2.51. The van der Waals surface area contributed by atoms with Crippen molar-refractivity contribution in [3.8, 4) is 11.5 Å². The number of aliphatic carboxylic acids is 1. The van der Waals surface area contributed by atoms with E-state index in [0.29, 0.717) is 5.56 Å². The Balaban J connectivity index is 2.81. The summed E-state index contributed by atoms with van der Waals surface area (Å²) in [6, 6.07) is 1.99. The van der Waals surface area contributed by atoms with Crippen LogP contribution in [-0.2, 0) is 16.0 Å². The molecule has 0 fully saturated rings. The maximum Gasteiger partial charge on any atom is 0.326 e. The van der Waals surface area contributed by atoms with Gasteiger partial charge < -0.3 is 26.4 Å². The van der Waals surface area contributed by atoms with E-state index in [1.54, 1.807) is 0 Å². The predicted octanol–water partition coefficient (Wildman–Crippen LogP) is -0.443. The summed E-state index contributed by atoms with van der Waals surface area (Å²) in [5, 5.41) is 29.8. The molecule has 2 atom stereocenters. The van der Waals surface area contributed by atoms with Crippen molar-refractivity contribution in [2.24, 2.45) is 5.73 Å². The summed E-state index contributed by atoms with van der Waals surface area (Å²) in [6.45, 7) is 1.45. The van der Waals surface area contributed by atoms with Crippen LogP contribution in [0.25, 0.3) is 0 Å². The molecule has 0 aliphatic rings. The van der Waals surface area contributed by atoms with Crippen molar-refractivity contribution >= 4 is 11.9 Å². The molecule has 0 aliphatic carbocycles. The van der Waals surface area contributed by atoms with Gasteiger partial charge in [-0.05, 0) is 24.6 Å². The van der Waals surface area contributed by atoms with Gasteiger partial charge in [-0.25, -0.2) is 4.79 Å². The Labute approximate surface area is 109 Å². The van der Waals surface area contributed by atoms with E-state index in [2.05, 4.69) is 5.32 Å². The van der Waals surface area contributed by atoms with Crippen LogP contribution in [0.5, 0.6) is 11.5 Å². The molecule has 0 bridgehead atoms. The highest BCUT2D eigenvalue weighted by molar-refractivity contribution is 5.86. The molecule has 1 unspecified atom stereocenters. The molecule has 0 aromatic heterocycles. The monoisotopic (exact) mass is 268 g/mol. The molecule has 104 valence electrons. The second kappa shape index (κ2) is 6.05. The number of benzene rings is 1. The van der Waals surface area contributed by atoms with E-state index in [4.69, 9.17) is 15.9 Å². The average Bonchev–Trinajstić information content (AvgIpc) is 2.32.